The zero-order valence-electron chi connectivity index (χ0n) is 16.0. The highest BCUT2D eigenvalue weighted by molar-refractivity contribution is 6.05. The molecule has 0 spiro atoms. The Morgan fingerprint density at radius 3 is 2.76 bits per heavy atom. The minimum Gasteiger partial charge on any atom is -0.508 e. The predicted octanol–water partition coefficient (Wildman–Crippen LogP) is 1.41. The van der Waals surface area contributed by atoms with Crippen LogP contribution in [-0.4, -0.2) is 57.1 Å². The zero-order chi connectivity index (χ0) is 21.3. The van der Waals surface area contributed by atoms with Gasteiger partial charge in [-0.1, -0.05) is 6.08 Å². The number of phenols is 2. The number of aliphatic hydroxyl groups is 2. The van der Waals surface area contributed by atoms with E-state index in [1.54, 1.807) is 12.2 Å². The van der Waals surface area contributed by atoms with Crippen molar-refractivity contribution in [3.05, 3.63) is 58.4 Å². The number of ether oxygens (including phenoxy) is 2. The van der Waals surface area contributed by atoms with Gasteiger partial charge < -0.3 is 29.9 Å². The van der Waals surface area contributed by atoms with Crippen molar-refractivity contribution in [1.82, 2.24) is 0 Å². The van der Waals surface area contributed by atoms with Crippen LogP contribution in [0.15, 0.2) is 47.3 Å². The summed E-state index contributed by atoms with van der Waals surface area (Å²) >= 11 is 0. The van der Waals surface area contributed by atoms with E-state index in [-0.39, 0.29) is 36.5 Å². The van der Waals surface area contributed by atoms with Crippen molar-refractivity contribution < 1.29 is 39.5 Å². The molecule has 0 bridgehead atoms. The normalized spacial score (nSPS) is 24.2. The summed E-state index contributed by atoms with van der Waals surface area (Å²) in [6, 6.07) is 2.30. The average molecular weight is 402 g/mol. The van der Waals surface area contributed by atoms with Gasteiger partial charge >= 0.3 is 5.97 Å². The van der Waals surface area contributed by atoms with Crippen molar-refractivity contribution in [2.24, 2.45) is 0 Å². The molecule has 1 aliphatic heterocycles. The number of carbonyl (C=O) groups is 2. The molecule has 2 aliphatic rings. The highest BCUT2D eigenvalue weighted by Crippen LogP contribution is 2.37. The zero-order valence-corrected chi connectivity index (χ0v) is 16.0. The van der Waals surface area contributed by atoms with Gasteiger partial charge in [-0.25, -0.2) is 4.79 Å². The van der Waals surface area contributed by atoms with Crippen LogP contribution < -0.4 is 0 Å². The number of ketones is 1. The number of esters is 1. The van der Waals surface area contributed by atoms with Crippen LogP contribution in [0.4, 0.5) is 0 Å². The number of hydrogen-bond donors (Lipinski definition) is 4. The van der Waals surface area contributed by atoms with Crippen molar-refractivity contribution in [3.8, 4) is 11.5 Å². The van der Waals surface area contributed by atoms with Gasteiger partial charge in [-0.2, -0.15) is 0 Å². The van der Waals surface area contributed by atoms with Crippen molar-refractivity contribution in [2.75, 3.05) is 13.2 Å². The standard InChI is InChI=1S/C21H22O8/c1-11-6-13(23)9-16(24)18(11)20(26)29-17-8-12-7-14(4-3-5-22)28-10-15(12)19(25)21(17,2)27/h3-4,6-7,9,17,22-24,27H,5,8,10H2,1-2H3. The fourth-order valence-electron chi connectivity index (χ4n) is 3.42. The molecule has 3 rings (SSSR count). The fraction of sp³-hybridized carbons (Fsp3) is 0.333. The van der Waals surface area contributed by atoms with Crippen LogP contribution in [0.2, 0.25) is 0 Å². The van der Waals surface area contributed by atoms with Gasteiger partial charge in [0.2, 0.25) is 0 Å². The second-order valence-corrected chi connectivity index (χ2v) is 7.16. The maximum atomic E-state index is 12.8. The van der Waals surface area contributed by atoms with Gasteiger partial charge in [0, 0.05) is 18.1 Å². The third-order valence-corrected chi connectivity index (χ3v) is 4.99. The number of hydrogen-bond acceptors (Lipinski definition) is 8. The number of aliphatic hydroxyl groups excluding tert-OH is 1. The number of phenolic OH excluding ortho intramolecular Hbond substituents is 2. The fourth-order valence-corrected chi connectivity index (χ4v) is 3.42. The van der Waals surface area contributed by atoms with Gasteiger partial charge in [0.15, 0.2) is 11.4 Å². The van der Waals surface area contributed by atoms with Gasteiger partial charge in [-0.3, -0.25) is 4.79 Å². The summed E-state index contributed by atoms with van der Waals surface area (Å²) in [5, 5.41) is 39.1. The molecule has 1 aromatic carbocycles. The first-order chi connectivity index (χ1) is 13.6. The molecule has 154 valence electrons. The van der Waals surface area contributed by atoms with Crippen LogP contribution >= 0.6 is 0 Å². The Bertz CT molecular complexity index is 928. The minimum absolute atomic E-state index is 0.0373. The molecule has 8 heteroatoms. The number of Topliss-reactive ketones (excluding diaryl/α,β-unsaturated/α-hetero) is 1. The van der Waals surface area contributed by atoms with Gasteiger partial charge in [-0.15, -0.1) is 0 Å². The molecule has 0 saturated heterocycles. The van der Waals surface area contributed by atoms with E-state index in [2.05, 4.69) is 0 Å². The van der Waals surface area contributed by atoms with E-state index >= 15 is 0 Å². The van der Waals surface area contributed by atoms with Gasteiger partial charge in [0.05, 0.1) is 6.61 Å². The Kier molecular flexibility index (Phi) is 5.50. The molecule has 1 aromatic rings. The highest BCUT2D eigenvalue weighted by atomic mass is 16.6. The van der Waals surface area contributed by atoms with E-state index in [4.69, 9.17) is 14.6 Å². The molecule has 4 N–H and O–H groups in total. The first-order valence-electron chi connectivity index (χ1n) is 8.99. The summed E-state index contributed by atoms with van der Waals surface area (Å²) < 4.78 is 10.9. The van der Waals surface area contributed by atoms with Crippen LogP contribution in [0, 0.1) is 6.92 Å². The molecule has 1 aliphatic carbocycles. The molecule has 1 heterocycles. The molecular weight excluding hydrogens is 380 g/mol. The van der Waals surface area contributed by atoms with E-state index in [0.29, 0.717) is 16.9 Å². The number of benzene rings is 1. The van der Waals surface area contributed by atoms with Crippen molar-refractivity contribution in [1.29, 1.82) is 0 Å². The summed E-state index contributed by atoms with van der Waals surface area (Å²) in [6.45, 7) is 2.58. The lowest BCUT2D eigenvalue weighted by Gasteiger charge is -2.38. The topological polar surface area (TPSA) is 134 Å². The molecule has 0 aromatic heterocycles. The Labute approximate surface area is 167 Å². The Hall–Kier alpha value is -3.10. The largest absolute Gasteiger partial charge is 0.508 e. The number of allylic oxidation sites excluding steroid dienone is 2. The molecule has 0 amide bonds. The molecule has 0 saturated carbocycles. The van der Waals surface area contributed by atoms with Gasteiger partial charge in [0.25, 0.3) is 0 Å². The number of carbonyl (C=O) groups excluding carboxylic acids is 2. The minimum atomic E-state index is -1.97. The lowest BCUT2D eigenvalue weighted by Crippen LogP contribution is -2.53. The van der Waals surface area contributed by atoms with Crippen LogP contribution in [0.5, 0.6) is 11.5 Å². The molecule has 0 fully saturated rings. The lowest BCUT2D eigenvalue weighted by molar-refractivity contribution is -0.146. The van der Waals surface area contributed by atoms with E-state index in [1.807, 2.05) is 0 Å². The van der Waals surface area contributed by atoms with E-state index in [1.165, 1.54) is 26.0 Å². The van der Waals surface area contributed by atoms with Crippen molar-refractivity contribution in [2.45, 2.75) is 32.0 Å². The number of aromatic hydroxyl groups is 2. The summed E-state index contributed by atoms with van der Waals surface area (Å²) in [4.78, 5) is 25.4. The summed E-state index contributed by atoms with van der Waals surface area (Å²) in [7, 11) is 0. The second kappa shape index (κ2) is 7.73. The lowest BCUT2D eigenvalue weighted by atomic mass is 9.77. The molecule has 8 nitrogen and oxygen atoms in total. The summed E-state index contributed by atoms with van der Waals surface area (Å²) in [6.07, 6.45) is 3.51. The van der Waals surface area contributed by atoms with Crippen LogP contribution in [0.1, 0.15) is 29.3 Å². The smallest absolute Gasteiger partial charge is 0.342 e. The van der Waals surface area contributed by atoms with Crippen molar-refractivity contribution >= 4 is 11.8 Å². The first-order valence-corrected chi connectivity index (χ1v) is 8.99. The predicted molar refractivity (Wildman–Crippen MR) is 101 cm³/mol. The third-order valence-electron chi connectivity index (χ3n) is 4.99. The monoisotopic (exact) mass is 402 g/mol. The SMILES string of the molecule is Cc1cc(O)cc(O)c1C(=O)OC1CC2=C(COC(C=CCO)=C2)C(=O)C1(C)O. The van der Waals surface area contributed by atoms with E-state index < -0.39 is 29.2 Å². The Morgan fingerprint density at radius 1 is 1.38 bits per heavy atom. The molecule has 2 unspecified atom stereocenters. The van der Waals surface area contributed by atoms with Crippen LogP contribution in [-0.2, 0) is 14.3 Å². The molecule has 0 radical (unpaired) electrons. The van der Waals surface area contributed by atoms with Gasteiger partial charge in [0.1, 0.15) is 35.5 Å². The molecule has 29 heavy (non-hydrogen) atoms. The third kappa shape index (κ3) is 3.90. The Balaban J connectivity index is 1.90. The first kappa shape index (κ1) is 20.6. The van der Waals surface area contributed by atoms with Gasteiger partial charge in [-0.05, 0) is 43.2 Å². The number of rotatable bonds is 4. The average Bonchev–Trinajstić information content (AvgIpc) is 2.63. The summed E-state index contributed by atoms with van der Waals surface area (Å²) in [5.41, 5.74) is -0.969. The maximum absolute atomic E-state index is 12.8. The van der Waals surface area contributed by atoms with E-state index in [9.17, 15) is 24.9 Å². The Morgan fingerprint density at radius 2 is 2.10 bits per heavy atom. The summed E-state index contributed by atoms with van der Waals surface area (Å²) in [5.74, 6) is -1.76. The number of aryl methyl sites for hydroxylation is 1. The molecule has 2 atom stereocenters. The second-order valence-electron chi connectivity index (χ2n) is 7.16. The van der Waals surface area contributed by atoms with Crippen LogP contribution in [0.25, 0.3) is 0 Å². The van der Waals surface area contributed by atoms with Crippen LogP contribution in [0.3, 0.4) is 0 Å². The highest BCUT2D eigenvalue weighted by Gasteiger charge is 2.48. The van der Waals surface area contributed by atoms with Crippen molar-refractivity contribution in [3.63, 3.8) is 0 Å². The van der Waals surface area contributed by atoms with E-state index in [0.717, 1.165) is 6.07 Å². The molecular formula is C21H22O8. The maximum Gasteiger partial charge on any atom is 0.342 e. The quantitative estimate of drug-likeness (QED) is 0.556.